The van der Waals surface area contributed by atoms with Crippen molar-refractivity contribution in [1.82, 2.24) is 0 Å². The number of carbonyl (C=O) groups excluding carboxylic acids is 1. The van der Waals surface area contributed by atoms with Crippen molar-refractivity contribution >= 4 is 34.8 Å². The first-order chi connectivity index (χ1) is 13.0. The van der Waals surface area contributed by atoms with Crippen LogP contribution in [0.15, 0.2) is 72.8 Å². The Balaban J connectivity index is 1.70. The highest BCUT2D eigenvalue weighted by atomic mass is 35.5. The second-order valence-electron chi connectivity index (χ2n) is 5.74. The Labute approximate surface area is 167 Å². The van der Waals surface area contributed by atoms with Crippen molar-refractivity contribution in [3.05, 3.63) is 82.8 Å². The summed E-state index contributed by atoms with van der Waals surface area (Å²) in [4.78, 5) is 12.5. The molecular formula is C21H17Cl2NO3. The molecule has 0 saturated heterocycles. The summed E-state index contributed by atoms with van der Waals surface area (Å²) in [7, 11) is 0. The molecule has 1 N–H and O–H groups in total. The molecule has 0 bridgehead atoms. The van der Waals surface area contributed by atoms with Crippen molar-refractivity contribution in [2.24, 2.45) is 0 Å². The molecule has 0 unspecified atom stereocenters. The maximum atomic E-state index is 12.5. The van der Waals surface area contributed by atoms with Gasteiger partial charge < -0.3 is 14.8 Å². The van der Waals surface area contributed by atoms with Crippen molar-refractivity contribution in [2.75, 3.05) is 5.32 Å². The minimum atomic E-state index is -0.770. The first-order valence-electron chi connectivity index (χ1n) is 8.27. The minimum Gasteiger partial charge on any atom is -0.479 e. The summed E-state index contributed by atoms with van der Waals surface area (Å²) < 4.78 is 11.5. The van der Waals surface area contributed by atoms with E-state index in [4.69, 9.17) is 32.7 Å². The summed E-state index contributed by atoms with van der Waals surface area (Å²) in [6.07, 6.45) is -0.770. The van der Waals surface area contributed by atoms with Crippen molar-refractivity contribution < 1.29 is 14.3 Å². The summed E-state index contributed by atoms with van der Waals surface area (Å²) in [5.74, 6) is 1.27. The van der Waals surface area contributed by atoms with Gasteiger partial charge in [-0.2, -0.15) is 0 Å². The quantitative estimate of drug-likeness (QED) is 0.535. The molecule has 1 atom stereocenters. The summed E-state index contributed by atoms with van der Waals surface area (Å²) in [6.45, 7) is 1.64. The summed E-state index contributed by atoms with van der Waals surface area (Å²) >= 11 is 12.0. The molecule has 3 rings (SSSR count). The fourth-order valence-electron chi connectivity index (χ4n) is 2.32. The average molecular weight is 402 g/mol. The van der Waals surface area contributed by atoms with Crippen molar-refractivity contribution in [3.63, 3.8) is 0 Å². The number of hydrogen-bond acceptors (Lipinski definition) is 3. The van der Waals surface area contributed by atoms with Gasteiger partial charge in [-0.15, -0.1) is 0 Å². The van der Waals surface area contributed by atoms with Gasteiger partial charge in [-0.05, 0) is 49.4 Å². The molecular weight excluding hydrogens is 385 g/mol. The number of carbonyl (C=O) groups is 1. The Morgan fingerprint density at radius 1 is 0.926 bits per heavy atom. The molecule has 0 aliphatic carbocycles. The van der Waals surface area contributed by atoms with Crippen LogP contribution in [0.4, 0.5) is 5.69 Å². The van der Waals surface area contributed by atoms with E-state index in [2.05, 4.69) is 5.32 Å². The Morgan fingerprint density at radius 2 is 1.63 bits per heavy atom. The van der Waals surface area contributed by atoms with Gasteiger partial charge in [-0.25, -0.2) is 0 Å². The number of para-hydroxylation sites is 3. The van der Waals surface area contributed by atoms with Crippen LogP contribution in [0.2, 0.25) is 10.0 Å². The number of anilines is 1. The zero-order valence-corrected chi connectivity index (χ0v) is 16.0. The zero-order chi connectivity index (χ0) is 19.2. The fourth-order valence-corrected chi connectivity index (χ4v) is 2.78. The Kier molecular flexibility index (Phi) is 6.22. The Bertz CT molecular complexity index is 932. The van der Waals surface area contributed by atoms with Crippen LogP contribution in [0.25, 0.3) is 0 Å². The number of benzene rings is 3. The number of ether oxygens (including phenoxy) is 2. The number of nitrogens with one attached hydrogen (secondary N) is 1. The summed E-state index contributed by atoms with van der Waals surface area (Å²) in [6, 6.07) is 21.4. The molecule has 0 radical (unpaired) electrons. The molecule has 1 amide bonds. The number of hydrogen-bond donors (Lipinski definition) is 1. The van der Waals surface area contributed by atoms with Crippen LogP contribution in [0, 0.1) is 0 Å². The highest BCUT2D eigenvalue weighted by Crippen LogP contribution is 2.30. The molecule has 0 fully saturated rings. The van der Waals surface area contributed by atoms with Gasteiger partial charge in [0.1, 0.15) is 11.5 Å². The number of amides is 1. The Hall–Kier alpha value is -2.69. The molecule has 0 aromatic heterocycles. The van der Waals surface area contributed by atoms with Crippen LogP contribution in [-0.4, -0.2) is 12.0 Å². The minimum absolute atomic E-state index is 0.329. The molecule has 27 heavy (non-hydrogen) atoms. The third-order valence-corrected chi connectivity index (χ3v) is 4.21. The summed E-state index contributed by atoms with van der Waals surface area (Å²) in [5.41, 5.74) is 0.545. The molecule has 4 nitrogen and oxygen atoms in total. The van der Waals surface area contributed by atoms with Crippen molar-refractivity contribution in [1.29, 1.82) is 0 Å². The van der Waals surface area contributed by atoms with E-state index in [0.717, 1.165) is 0 Å². The largest absolute Gasteiger partial charge is 0.479 e. The third kappa shape index (κ3) is 5.16. The van der Waals surface area contributed by atoms with E-state index in [0.29, 0.717) is 33.0 Å². The van der Waals surface area contributed by atoms with E-state index in [1.807, 2.05) is 42.5 Å². The molecule has 0 aliphatic rings. The zero-order valence-electron chi connectivity index (χ0n) is 14.5. The number of halogens is 2. The van der Waals surface area contributed by atoms with Gasteiger partial charge in [0.15, 0.2) is 11.9 Å². The standard InChI is InChI=1S/C21H17Cl2NO3/c1-14(26-19-12-11-15(22)13-17(19)23)21(25)24-18-9-5-6-10-20(18)27-16-7-3-2-4-8-16/h2-14H,1H3,(H,24,25)/t14-/m0/s1. The lowest BCUT2D eigenvalue weighted by Crippen LogP contribution is -2.30. The lowest BCUT2D eigenvalue weighted by atomic mass is 10.2. The van der Waals surface area contributed by atoms with Crippen LogP contribution in [0.3, 0.4) is 0 Å². The van der Waals surface area contributed by atoms with E-state index in [-0.39, 0.29) is 5.91 Å². The van der Waals surface area contributed by atoms with Crippen LogP contribution >= 0.6 is 23.2 Å². The predicted octanol–water partition coefficient (Wildman–Crippen LogP) is 6.19. The predicted molar refractivity (Wildman–Crippen MR) is 108 cm³/mol. The van der Waals surface area contributed by atoms with Gasteiger partial charge >= 0.3 is 0 Å². The third-order valence-electron chi connectivity index (χ3n) is 3.68. The maximum Gasteiger partial charge on any atom is 0.265 e. The van der Waals surface area contributed by atoms with E-state index < -0.39 is 6.10 Å². The maximum absolute atomic E-state index is 12.5. The van der Waals surface area contributed by atoms with Crippen LogP contribution in [0.1, 0.15) is 6.92 Å². The molecule has 3 aromatic rings. The summed E-state index contributed by atoms with van der Waals surface area (Å²) in [5, 5.41) is 3.66. The van der Waals surface area contributed by atoms with Gasteiger partial charge in [0, 0.05) is 5.02 Å². The van der Waals surface area contributed by atoms with Gasteiger partial charge in [0.25, 0.3) is 5.91 Å². The van der Waals surface area contributed by atoms with Crippen LogP contribution in [-0.2, 0) is 4.79 Å². The SMILES string of the molecule is C[C@H](Oc1ccc(Cl)cc1Cl)C(=O)Nc1ccccc1Oc1ccccc1. The molecule has 0 aliphatic heterocycles. The van der Waals surface area contributed by atoms with Gasteiger partial charge in [-0.3, -0.25) is 4.79 Å². The molecule has 0 heterocycles. The average Bonchev–Trinajstić information content (AvgIpc) is 2.66. The van der Waals surface area contributed by atoms with E-state index in [1.54, 1.807) is 37.3 Å². The van der Waals surface area contributed by atoms with Crippen LogP contribution < -0.4 is 14.8 Å². The fraction of sp³-hybridized carbons (Fsp3) is 0.0952. The first-order valence-corrected chi connectivity index (χ1v) is 9.03. The van der Waals surface area contributed by atoms with E-state index >= 15 is 0 Å². The monoisotopic (exact) mass is 401 g/mol. The molecule has 138 valence electrons. The second kappa shape index (κ2) is 8.80. The lowest BCUT2D eigenvalue weighted by Gasteiger charge is -2.17. The molecule has 0 spiro atoms. The molecule has 0 saturated carbocycles. The smallest absolute Gasteiger partial charge is 0.265 e. The van der Waals surface area contributed by atoms with Crippen molar-refractivity contribution in [2.45, 2.75) is 13.0 Å². The lowest BCUT2D eigenvalue weighted by molar-refractivity contribution is -0.122. The van der Waals surface area contributed by atoms with Gasteiger partial charge in [0.05, 0.1) is 10.7 Å². The topological polar surface area (TPSA) is 47.6 Å². The van der Waals surface area contributed by atoms with E-state index in [1.165, 1.54) is 0 Å². The molecule has 6 heteroatoms. The Morgan fingerprint density at radius 3 is 2.37 bits per heavy atom. The highest BCUT2D eigenvalue weighted by Gasteiger charge is 2.18. The van der Waals surface area contributed by atoms with E-state index in [9.17, 15) is 4.79 Å². The first kappa shape index (κ1) is 19.1. The van der Waals surface area contributed by atoms with Crippen LogP contribution in [0.5, 0.6) is 17.2 Å². The second-order valence-corrected chi connectivity index (χ2v) is 6.58. The molecule has 3 aromatic carbocycles. The normalized spacial score (nSPS) is 11.5. The van der Waals surface area contributed by atoms with Crippen molar-refractivity contribution in [3.8, 4) is 17.2 Å². The highest BCUT2D eigenvalue weighted by molar-refractivity contribution is 6.35. The van der Waals surface area contributed by atoms with Gasteiger partial charge in [0.2, 0.25) is 0 Å². The van der Waals surface area contributed by atoms with Gasteiger partial charge in [-0.1, -0.05) is 53.5 Å². The number of rotatable bonds is 6.